The van der Waals surface area contributed by atoms with E-state index in [1.165, 1.54) is 0 Å². The number of fused-ring (bicyclic) bond motifs is 1. The van der Waals surface area contributed by atoms with Crippen molar-refractivity contribution in [3.05, 3.63) is 66.5 Å². The van der Waals surface area contributed by atoms with Crippen molar-refractivity contribution >= 4 is 34.4 Å². The third kappa shape index (κ3) is 6.85. The number of hydrogen-bond donors (Lipinski definition) is 2. The minimum Gasteiger partial charge on any atom is -0.444 e. The van der Waals surface area contributed by atoms with Gasteiger partial charge in [-0.05, 0) is 70.4 Å². The summed E-state index contributed by atoms with van der Waals surface area (Å²) in [4.78, 5) is 40.5. The molecule has 6 rings (SSSR count). The Morgan fingerprint density at radius 1 is 1.02 bits per heavy atom. The highest BCUT2D eigenvalue weighted by Crippen LogP contribution is 2.49. The number of rotatable bonds is 7. The molecule has 46 heavy (non-hydrogen) atoms. The minimum absolute atomic E-state index is 0.0553. The van der Waals surface area contributed by atoms with E-state index in [9.17, 15) is 18.4 Å². The number of benzene rings is 2. The highest BCUT2D eigenvalue weighted by Gasteiger charge is 2.61. The topological polar surface area (TPSA) is 119 Å². The van der Waals surface area contributed by atoms with Crippen LogP contribution in [0.3, 0.4) is 0 Å². The molecule has 2 aliphatic rings. The van der Waals surface area contributed by atoms with Gasteiger partial charge in [-0.2, -0.15) is 0 Å². The number of nitrogens with one attached hydrogen (secondary N) is 2. The average molecular weight is 631 g/mol. The molecule has 1 saturated carbocycles. The zero-order valence-corrected chi connectivity index (χ0v) is 26.1. The number of amides is 2. The third-order valence-electron chi connectivity index (χ3n) is 7.92. The predicted octanol–water partition coefficient (Wildman–Crippen LogP) is 7.20. The van der Waals surface area contributed by atoms with Crippen molar-refractivity contribution in [3.8, 4) is 22.9 Å². The van der Waals surface area contributed by atoms with Gasteiger partial charge in [-0.1, -0.05) is 24.3 Å². The van der Waals surface area contributed by atoms with Crippen LogP contribution in [-0.4, -0.2) is 62.5 Å². The Bertz CT molecular complexity index is 1790. The molecule has 2 aromatic carbocycles. The first-order valence-corrected chi connectivity index (χ1v) is 15.3. The van der Waals surface area contributed by atoms with Crippen molar-refractivity contribution in [2.75, 3.05) is 23.7 Å². The Morgan fingerprint density at radius 3 is 2.59 bits per heavy atom. The molecule has 0 radical (unpaired) electrons. The van der Waals surface area contributed by atoms with E-state index < -0.39 is 29.8 Å². The SMILES string of the molecule is Cc1ccc2c(NC(=O)[C@H]3CC3(F)F)cccc2c1Oc1ncccc1-c1ccnc(NC2CCCN(C(=O)OC(C)(C)C)C2)n1. The summed E-state index contributed by atoms with van der Waals surface area (Å²) >= 11 is 0. The fraction of sp³-hybridized carbons (Fsp3) is 0.382. The van der Waals surface area contributed by atoms with E-state index in [2.05, 4.69) is 20.6 Å². The molecule has 3 heterocycles. The van der Waals surface area contributed by atoms with Gasteiger partial charge in [0.05, 0.1) is 11.3 Å². The van der Waals surface area contributed by atoms with Crippen molar-refractivity contribution < 1.29 is 27.8 Å². The smallest absolute Gasteiger partial charge is 0.410 e. The lowest BCUT2D eigenvalue weighted by atomic mass is 10.0. The van der Waals surface area contributed by atoms with Gasteiger partial charge in [0.1, 0.15) is 17.3 Å². The maximum absolute atomic E-state index is 13.5. The highest BCUT2D eigenvalue weighted by molar-refractivity contribution is 6.06. The molecule has 1 aliphatic heterocycles. The van der Waals surface area contributed by atoms with Gasteiger partial charge in [-0.3, -0.25) is 4.79 Å². The molecule has 10 nitrogen and oxygen atoms in total. The zero-order chi connectivity index (χ0) is 32.6. The lowest BCUT2D eigenvalue weighted by Crippen LogP contribution is -2.47. The van der Waals surface area contributed by atoms with Gasteiger partial charge in [-0.15, -0.1) is 0 Å². The Kier molecular flexibility index (Phi) is 8.22. The van der Waals surface area contributed by atoms with Gasteiger partial charge in [0, 0.05) is 54.4 Å². The van der Waals surface area contributed by atoms with E-state index in [1.807, 2.05) is 52.0 Å². The van der Waals surface area contributed by atoms with E-state index in [4.69, 9.17) is 14.5 Å². The minimum atomic E-state index is -2.96. The fourth-order valence-electron chi connectivity index (χ4n) is 5.51. The molecular formula is C34H36F2N6O4. The number of alkyl halides is 2. The molecule has 2 aromatic heterocycles. The van der Waals surface area contributed by atoms with Gasteiger partial charge in [0.15, 0.2) is 0 Å². The van der Waals surface area contributed by atoms with Crippen LogP contribution in [-0.2, 0) is 9.53 Å². The molecule has 2 atom stereocenters. The second-order valence-electron chi connectivity index (χ2n) is 12.8. The molecule has 1 saturated heterocycles. The quantitative estimate of drug-likeness (QED) is 0.220. The lowest BCUT2D eigenvalue weighted by molar-refractivity contribution is -0.119. The third-order valence-corrected chi connectivity index (χ3v) is 7.92. The largest absolute Gasteiger partial charge is 0.444 e. The molecule has 1 unspecified atom stereocenters. The van der Waals surface area contributed by atoms with Crippen LogP contribution in [0.25, 0.3) is 22.0 Å². The molecular weight excluding hydrogens is 594 g/mol. The standard InChI is InChI=1S/C34H36F2N6O4/c1-20-12-13-22-23(9-5-11-26(22)40-29(43)25-18-34(25,35)36)28(20)45-30-24(10-6-15-37-30)27-14-16-38-31(41-27)39-21-8-7-17-42(19-21)32(44)46-33(2,3)4/h5-6,9-16,21,25H,7-8,17-19H2,1-4H3,(H,40,43)(H,38,39,41)/t21?,25-/m1/s1. The van der Waals surface area contributed by atoms with Gasteiger partial charge in [0.25, 0.3) is 5.92 Å². The summed E-state index contributed by atoms with van der Waals surface area (Å²) < 4.78 is 39.0. The molecule has 4 aromatic rings. The number of carbonyl (C=O) groups excluding carboxylic acids is 2. The number of hydrogen-bond acceptors (Lipinski definition) is 8. The van der Waals surface area contributed by atoms with E-state index >= 15 is 0 Å². The summed E-state index contributed by atoms with van der Waals surface area (Å²) in [6.45, 7) is 8.53. The molecule has 240 valence electrons. The summed E-state index contributed by atoms with van der Waals surface area (Å²) in [6, 6.07) is 14.3. The van der Waals surface area contributed by atoms with Crippen molar-refractivity contribution in [1.29, 1.82) is 0 Å². The Hall–Kier alpha value is -4.87. The van der Waals surface area contributed by atoms with E-state index in [0.717, 1.165) is 18.4 Å². The Labute approximate surface area is 265 Å². The Balaban J connectivity index is 1.23. The van der Waals surface area contributed by atoms with Crippen LogP contribution in [0.2, 0.25) is 0 Å². The number of likely N-dealkylation sites (tertiary alicyclic amines) is 1. The van der Waals surface area contributed by atoms with Crippen LogP contribution in [0.4, 0.5) is 25.2 Å². The second-order valence-corrected chi connectivity index (χ2v) is 12.8. The molecule has 2 amide bonds. The van der Waals surface area contributed by atoms with Crippen LogP contribution in [0.15, 0.2) is 60.9 Å². The molecule has 2 N–H and O–H groups in total. The summed E-state index contributed by atoms with van der Waals surface area (Å²) in [7, 11) is 0. The Morgan fingerprint density at radius 2 is 1.83 bits per heavy atom. The number of aryl methyl sites for hydroxylation is 1. The second kappa shape index (κ2) is 12.1. The van der Waals surface area contributed by atoms with Crippen LogP contribution in [0.1, 0.15) is 45.6 Å². The fourth-order valence-corrected chi connectivity index (χ4v) is 5.51. The molecule has 0 bridgehead atoms. The zero-order valence-electron chi connectivity index (χ0n) is 26.1. The summed E-state index contributed by atoms with van der Waals surface area (Å²) in [5.41, 5.74) is 1.88. The van der Waals surface area contributed by atoms with E-state index in [0.29, 0.717) is 58.4 Å². The van der Waals surface area contributed by atoms with E-state index in [1.54, 1.807) is 41.6 Å². The van der Waals surface area contributed by atoms with Crippen LogP contribution < -0.4 is 15.4 Å². The number of piperidine rings is 1. The molecule has 1 aliphatic carbocycles. The van der Waals surface area contributed by atoms with E-state index in [-0.39, 0.29) is 12.1 Å². The number of carbonyl (C=O) groups is 2. The summed E-state index contributed by atoms with van der Waals surface area (Å²) in [6.07, 6.45) is 4.16. The highest BCUT2D eigenvalue weighted by atomic mass is 19.3. The molecule has 2 fully saturated rings. The number of halogens is 2. The van der Waals surface area contributed by atoms with Crippen molar-refractivity contribution in [3.63, 3.8) is 0 Å². The van der Waals surface area contributed by atoms with Gasteiger partial charge >= 0.3 is 6.09 Å². The van der Waals surface area contributed by atoms with Crippen LogP contribution in [0.5, 0.6) is 11.6 Å². The van der Waals surface area contributed by atoms with Crippen LogP contribution in [0, 0.1) is 12.8 Å². The lowest BCUT2D eigenvalue weighted by Gasteiger charge is -2.34. The van der Waals surface area contributed by atoms with Crippen molar-refractivity contribution in [2.45, 2.75) is 64.5 Å². The summed E-state index contributed by atoms with van der Waals surface area (Å²) in [5.74, 6) is -3.74. The van der Waals surface area contributed by atoms with Crippen molar-refractivity contribution in [1.82, 2.24) is 19.9 Å². The van der Waals surface area contributed by atoms with Gasteiger partial charge < -0.3 is 25.0 Å². The number of aromatic nitrogens is 3. The summed E-state index contributed by atoms with van der Waals surface area (Å²) in [5, 5.41) is 7.37. The maximum Gasteiger partial charge on any atom is 0.410 e. The predicted molar refractivity (Wildman–Crippen MR) is 170 cm³/mol. The monoisotopic (exact) mass is 630 g/mol. The number of ether oxygens (including phenoxy) is 2. The number of nitrogens with zero attached hydrogens (tertiary/aromatic N) is 4. The molecule has 12 heteroatoms. The molecule has 0 spiro atoms. The van der Waals surface area contributed by atoms with Crippen LogP contribution >= 0.6 is 0 Å². The first-order chi connectivity index (χ1) is 21.9. The van der Waals surface area contributed by atoms with Gasteiger partial charge in [0.2, 0.25) is 17.7 Å². The van der Waals surface area contributed by atoms with Gasteiger partial charge in [-0.25, -0.2) is 28.5 Å². The first-order valence-electron chi connectivity index (χ1n) is 15.3. The number of pyridine rings is 1. The normalized spacial score (nSPS) is 19.0. The maximum atomic E-state index is 13.5. The number of anilines is 2. The average Bonchev–Trinajstić information content (AvgIpc) is 3.66. The first kappa shape index (κ1) is 31.1. The van der Waals surface area contributed by atoms with Crippen molar-refractivity contribution in [2.24, 2.45) is 5.92 Å².